The second-order valence-corrected chi connectivity index (χ2v) is 8.13. The van der Waals surface area contributed by atoms with Gasteiger partial charge in [0.25, 0.3) is 5.91 Å². The molecule has 0 saturated heterocycles. The molecule has 29 heavy (non-hydrogen) atoms. The number of amides is 1. The van der Waals surface area contributed by atoms with Crippen LogP contribution in [0, 0.1) is 0 Å². The van der Waals surface area contributed by atoms with Gasteiger partial charge in [0, 0.05) is 24.9 Å². The topological polar surface area (TPSA) is 56.6 Å². The third-order valence-corrected chi connectivity index (χ3v) is 6.32. The van der Waals surface area contributed by atoms with Crippen molar-refractivity contribution in [2.45, 2.75) is 39.3 Å². The lowest BCUT2D eigenvalue weighted by Crippen LogP contribution is -2.38. The summed E-state index contributed by atoms with van der Waals surface area (Å²) >= 11 is 1.56. The molecule has 2 aliphatic rings. The minimum Gasteiger partial charge on any atom is -0.454 e. The van der Waals surface area contributed by atoms with Gasteiger partial charge in [-0.25, -0.2) is 4.98 Å². The number of benzene rings is 1. The standard InChI is InChI=1S/C22H23N3O3S/c1-2-17-18-12-24(22(26)16-7-10-29-13-16)8-9-25(18)21(23-17)6-4-15-3-5-19-20(11-15)28-14-27-19/h3,5,7,10-11,13H,2,4,6,8-9,12,14H2,1H3. The molecule has 1 amide bonds. The van der Waals surface area contributed by atoms with Gasteiger partial charge in [-0.15, -0.1) is 0 Å². The highest BCUT2D eigenvalue weighted by molar-refractivity contribution is 7.08. The molecule has 0 bridgehead atoms. The van der Waals surface area contributed by atoms with Gasteiger partial charge >= 0.3 is 0 Å². The van der Waals surface area contributed by atoms with Crippen LogP contribution in [0.15, 0.2) is 35.0 Å². The van der Waals surface area contributed by atoms with Crippen LogP contribution in [0.3, 0.4) is 0 Å². The number of carbonyl (C=O) groups excluding carboxylic acids is 1. The van der Waals surface area contributed by atoms with Crippen molar-refractivity contribution in [1.29, 1.82) is 0 Å². The highest BCUT2D eigenvalue weighted by Gasteiger charge is 2.26. The number of ether oxygens (including phenoxy) is 2. The molecule has 0 saturated carbocycles. The Hall–Kier alpha value is -2.80. The number of nitrogens with zero attached hydrogens (tertiary/aromatic N) is 3. The van der Waals surface area contributed by atoms with Crippen molar-refractivity contribution >= 4 is 17.2 Å². The van der Waals surface area contributed by atoms with E-state index in [2.05, 4.69) is 23.6 Å². The Kier molecular flexibility index (Phi) is 4.75. The number of hydrogen-bond donors (Lipinski definition) is 0. The largest absolute Gasteiger partial charge is 0.454 e. The van der Waals surface area contributed by atoms with Crippen molar-refractivity contribution in [2.75, 3.05) is 13.3 Å². The second-order valence-electron chi connectivity index (χ2n) is 7.35. The van der Waals surface area contributed by atoms with E-state index < -0.39 is 0 Å². The fourth-order valence-corrected chi connectivity index (χ4v) is 4.71. The summed E-state index contributed by atoms with van der Waals surface area (Å²) in [5, 5.41) is 3.87. The van der Waals surface area contributed by atoms with Crippen molar-refractivity contribution in [3.8, 4) is 11.5 Å². The fourth-order valence-electron chi connectivity index (χ4n) is 4.08. The van der Waals surface area contributed by atoms with E-state index in [1.165, 1.54) is 11.3 Å². The van der Waals surface area contributed by atoms with Crippen LogP contribution >= 0.6 is 11.3 Å². The molecule has 1 aromatic carbocycles. The van der Waals surface area contributed by atoms with Gasteiger partial charge in [-0.05, 0) is 42.0 Å². The van der Waals surface area contributed by atoms with Crippen LogP contribution in [0.5, 0.6) is 11.5 Å². The van der Waals surface area contributed by atoms with Crippen LogP contribution in [0.2, 0.25) is 0 Å². The predicted molar refractivity (Wildman–Crippen MR) is 111 cm³/mol. The normalized spacial score (nSPS) is 14.9. The molecule has 150 valence electrons. The first-order chi connectivity index (χ1) is 14.2. The molecule has 0 fully saturated rings. The van der Waals surface area contributed by atoms with Crippen molar-refractivity contribution in [1.82, 2.24) is 14.5 Å². The maximum atomic E-state index is 12.8. The number of imidazole rings is 1. The molecule has 0 radical (unpaired) electrons. The van der Waals surface area contributed by atoms with Gasteiger partial charge in [0.15, 0.2) is 11.5 Å². The summed E-state index contributed by atoms with van der Waals surface area (Å²) in [6, 6.07) is 8.03. The minimum atomic E-state index is 0.114. The fraction of sp³-hybridized carbons (Fsp3) is 0.364. The van der Waals surface area contributed by atoms with E-state index in [1.54, 1.807) is 11.3 Å². The van der Waals surface area contributed by atoms with Crippen molar-refractivity contribution in [3.05, 3.63) is 63.4 Å². The highest BCUT2D eigenvalue weighted by Crippen LogP contribution is 2.33. The zero-order chi connectivity index (χ0) is 19.8. The zero-order valence-electron chi connectivity index (χ0n) is 16.4. The SMILES string of the molecule is CCc1nc(CCc2ccc3c(c2)OCO3)n2c1CN(C(=O)c1ccsc1)CC2. The van der Waals surface area contributed by atoms with E-state index in [1.807, 2.05) is 27.8 Å². The molecule has 0 spiro atoms. The molecule has 0 atom stereocenters. The van der Waals surface area contributed by atoms with Gasteiger partial charge in [0.05, 0.1) is 23.5 Å². The van der Waals surface area contributed by atoms with E-state index in [9.17, 15) is 4.79 Å². The summed E-state index contributed by atoms with van der Waals surface area (Å²) in [4.78, 5) is 19.6. The van der Waals surface area contributed by atoms with Crippen LogP contribution in [-0.2, 0) is 32.4 Å². The number of aryl methyl sites for hydroxylation is 3. The van der Waals surface area contributed by atoms with Gasteiger partial charge < -0.3 is 18.9 Å². The average Bonchev–Trinajstić information content (AvgIpc) is 3.50. The number of fused-ring (bicyclic) bond motifs is 2. The molecule has 5 rings (SSSR count). The van der Waals surface area contributed by atoms with Gasteiger partial charge in [0.1, 0.15) is 5.82 Å². The molecule has 7 heteroatoms. The van der Waals surface area contributed by atoms with Gasteiger partial charge in [-0.3, -0.25) is 4.79 Å². The summed E-state index contributed by atoms with van der Waals surface area (Å²) in [6.45, 7) is 4.58. The lowest BCUT2D eigenvalue weighted by molar-refractivity contribution is 0.0710. The molecule has 6 nitrogen and oxygen atoms in total. The first-order valence-corrected chi connectivity index (χ1v) is 10.9. The highest BCUT2D eigenvalue weighted by atomic mass is 32.1. The molecule has 3 aromatic rings. The summed E-state index contributed by atoms with van der Waals surface area (Å²) < 4.78 is 13.2. The van der Waals surface area contributed by atoms with Gasteiger partial charge in [0.2, 0.25) is 6.79 Å². The Bertz CT molecular complexity index is 1040. The van der Waals surface area contributed by atoms with Crippen LogP contribution in [-0.4, -0.2) is 33.7 Å². The Labute approximate surface area is 173 Å². The van der Waals surface area contributed by atoms with E-state index in [0.717, 1.165) is 60.9 Å². The lowest BCUT2D eigenvalue weighted by Gasteiger charge is -2.29. The summed E-state index contributed by atoms with van der Waals surface area (Å²) in [6.07, 6.45) is 2.64. The van der Waals surface area contributed by atoms with Gasteiger partial charge in [-0.1, -0.05) is 13.0 Å². The van der Waals surface area contributed by atoms with Crippen molar-refractivity contribution in [2.24, 2.45) is 0 Å². The molecule has 4 heterocycles. The first-order valence-electron chi connectivity index (χ1n) is 10.00. The Morgan fingerprint density at radius 1 is 1.17 bits per heavy atom. The second kappa shape index (κ2) is 7.55. The molecule has 0 N–H and O–H groups in total. The van der Waals surface area contributed by atoms with Crippen LogP contribution in [0.4, 0.5) is 0 Å². The number of rotatable bonds is 5. The van der Waals surface area contributed by atoms with E-state index in [0.29, 0.717) is 13.3 Å². The summed E-state index contributed by atoms with van der Waals surface area (Å²) in [5.41, 5.74) is 4.29. The molecular weight excluding hydrogens is 386 g/mol. The maximum Gasteiger partial charge on any atom is 0.255 e. The predicted octanol–water partition coefficient (Wildman–Crippen LogP) is 3.68. The Balaban J connectivity index is 1.33. The number of thiophene rings is 1. The van der Waals surface area contributed by atoms with Crippen LogP contribution in [0.25, 0.3) is 0 Å². The van der Waals surface area contributed by atoms with E-state index in [4.69, 9.17) is 14.5 Å². The Morgan fingerprint density at radius 3 is 2.90 bits per heavy atom. The smallest absolute Gasteiger partial charge is 0.255 e. The van der Waals surface area contributed by atoms with E-state index in [-0.39, 0.29) is 5.91 Å². The maximum absolute atomic E-state index is 12.8. The lowest BCUT2D eigenvalue weighted by atomic mass is 10.1. The van der Waals surface area contributed by atoms with Crippen LogP contribution in [0.1, 0.15) is 40.1 Å². The van der Waals surface area contributed by atoms with E-state index >= 15 is 0 Å². The van der Waals surface area contributed by atoms with Crippen molar-refractivity contribution in [3.63, 3.8) is 0 Å². The quantitative estimate of drug-likeness (QED) is 0.645. The molecule has 2 aromatic heterocycles. The number of hydrogen-bond acceptors (Lipinski definition) is 5. The molecule has 2 aliphatic heterocycles. The van der Waals surface area contributed by atoms with Gasteiger partial charge in [-0.2, -0.15) is 11.3 Å². The van der Waals surface area contributed by atoms with Crippen LogP contribution < -0.4 is 9.47 Å². The summed E-state index contributed by atoms with van der Waals surface area (Å²) in [5.74, 6) is 2.86. The summed E-state index contributed by atoms with van der Waals surface area (Å²) in [7, 11) is 0. The zero-order valence-corrected chi connectivity index (χ0v) is 17.2. The number of aromatic nitrogens is 2. The molecule has 0 unspecified atom stereocenters. The monoisotopic (exact) mass is 409 g/mol. The molecular formula is C22H23N3O3S. The minimum absolute atomic E-state index is 0.114. The number of carbonyl (C=O) groups is 1. The average molecular weight is 410 g/mol. The molecule has 0 aliphatic carbocycles. The van der Waals surface area contributed by atoms with Crippen molar-refractivity contribution < 1.29 is 14.3 Å². The third-order valence-electron chi connectivity index (χ3n) is 5.63. The Morgan fingerprint density at radius 2 is 2.07 bits per heavy atom. The third kappa shape index (κ3) is 3.40. The first kappa shape index (κ1) is 18.2.